The van der Waals surface area contributed by atoms with E-state index in [1.165, 1.54) is 0 Å². The van der Waals surface area contributed by atoms with E-state index in [1.807, 2.05) is 30.3 Å². The number of hydrogen-bond donors (Lipinski definition) is 1. The lowest BCUT2D eigenvalue weighted by atomic mass is 10.0. The summed E-state index contributed by atoms with van der Waals surface area (Å²) in [7, 11) is -2.02. The van der Waals surface area contributed by atoms with Gasteiger partial charge in [0.2, 0.25) is 10.0 Å². The summed E-state index contributed by atoms with van der Waals surface area (Å²) in [6.07, 6.45) is 0. The van der Waals surface area contributed by atoms with E-state index in [0.717, 1.165) is 16.7 Å². The minimum Gasteiger partial charge on any atom is -0.496 e. The van der Waals surface area contributed by atoms with Crippen molar-refractivity contribution < 1.29 is 17.9 Å². The van der Waals surface area contributed by atoms with Gasteiger partial charge in [-0.2, -0.15) is 4.31 Å². The van der Waals surface area contributed by atoms with Crippen LogP contribution in [0.3, 0.4) is 0 Å². The highest BCUT2D eigenvalue weighted by molar-refractivity contribution is 7.89. The Morgan fingerprint density at radius 3 is 2.74 bits per heavy atom. The summed E-state index contributed by atoms with van der Waals surface area (Å²) in [4.78, 5) is 0.323. The van der Waals surface area contributed by atoms with Crippen LogP contribution in [0.2, 0.25) is 0 Å². The maximum Gasteiger partial charge on any atom is 0.243 e. The molecule has 2 aliphatic rings. The number of ether oxygens (including phenoxy) is 2. The molecule has 0 radical (unpaired) electrons. The highest BCUT2D eigenvalue weighted by atomic mass is 35.5. The molecule has 2 aromatic carbocycles. The molecule has 0 aliphatic carbocycles. The average molecular weight is 411 g/mol. The van der Waals surface area contributed by atoms with Crippen molar-refractivity contribution in [2.24, 2.45) is 0 Å². The zero-order valence-corrected chi connectivity index (χ0v) is 16.7. The fourth-order valence-electron chi connectivity index (χ4n) is 3.62. The first kappa shape index (κ1) is 20.1. The number of benzene rings is 2. The minimum atomic E-state index is -3.62. The van der Waals surface area contributed by atoms with Gasteiger partial charge in [0.15, 0.2) is 0 Å². The molecule has 2 aliphatic heterocycles. The maximum absolute atomic E-state index is 13.4. The third-order valence-corrected chi connectivity index (χ3v) is 6.90. The molecule has 2 aromatic rings. The van der Waals surface area contributed by atoms with Crippen LogP contribution in [0.4, 0.5) is 0 Å². The predicted molar refractivity (Wildman–Crippen MR) is 105 cm³/mol. The quantitative estimate of drug-likeness (QED) is 0.838. The van der Waals surface area contributed by atoms with Crippen molar-refractivity contribution >= 4 is 22.4 Å². The number of nitrogens with zero attached hydrogens (tertiary/aromatic N) is 1. The summed E-state index contributed by atoms with van der Waals surface area (Å²) in [6, 6.07) is 12.6. The molecule has 1 unspecified atom stereocenters. The Morgan fingerprint density at radius 2 is 1.93 bits per heavy atom. The van der Waals surface area contributed by atoms with Crippen LogP contribution < -0.4 is 10.1 Å². The van der Waals surface area contributed by atoms with Crippen LogP contribution in [0.1, 0.15) is 22.7 Å². The Bertz CT molecular complexity index is 920. The summed E-state index contributed by atoms with van der Waals surface area (Å²) in [5.74, 6) is 0.698. The predicted octanol–water partition coefficient (Wildman–Crippen LogP) is 2.48. The van der Waals surface area contributed by atoms with Crippen molar-refractivity contribution in [3.63, 3.8) is 0 Å². The van der Waals surface area contributed by atoms with Gasteiger partial charge >= 0.3 is 0 Å². The zero-order valence-electron chi connectivity index (χ0n) is 15.1. The maximum atomic E-state index is 13.4. The minimum absolute atomic E-state index is 0. The lowest BCUT2D eigenvalue weighted by Gasteiger charge is -2.36. The van der Waals surface area contributed by atoms with Crippen LogP contribution in [-0.4, -0.2) is 39.5 Å². The van der Waals surface area contributed by atoms with Gasteiger partial charge in [-0.3, -0.25) is 0 Å². The summed E-state index contributed by atoms with van der Waals surface area (Å²) in [6.45, 7) is 2.61. The molecule has 1 saturated heterocycles. The van der Waals surface area contributed by atoms with Crippen LogP contribution in [0.15, 0.2) is 47.4 Å². The van der Waals surface area contributed by atoms with Crippen molar-refractivity contribution in [1.82, 2.24) is 9.62 Å². The van der Waals surface area contributed by atoms with Crippen molar-refractivity contribution in [3.05, 3.63) is 59.2 Å². The largest absolute Gasteiger partial charge is 0.496 e. The molecule has 0 aromatic heterocycles. The van der Waals surface area contributed by atoms with Crippen LogP contribution in [0.25, 0.3) is 0 Å². The van der Waals surface area contributed by atoms with E-state index >= 15 is 0 Å². The Balaban J connectivity index is 0.00000210. The molecule has 0 bridgehead atoms. The second-order valence-electron chi connectivity index (χ2n) is 6.50. The van der Waals surface area contributed by atoms with E-state index in [2.05, 4.69) is 5.32 Å². The van der Waals surface area contributed by atoms with Crippen molar-refractivity contribution in [2.75, 3.05) is 26.7 Å². The number of nitrogens with one attached hydrogen (secondary N) is 1. The van der Waals surface area contributed by atoms with Gasteiger partial charge in [-0.1, -0.05) is 24.3 Å². The molecule has 8 heteroatoms. The topological polar surface area (TPSA) is 67.9 Å². The standard InChI is InChI=1S/C19H22N2O4S.ClH/c1-24-19-5-3-2-4-17(19)18-11-20-8-9-21(18)26(22,23)16-7-6-14-12-25-13-15(14)10-16;/h2-7,10,18,20H,8-9,11-13H2,1H3;1H. The molecule has 2 heterocycles. The number of halogens is 1. The number of sulfonamides is 1. The normalized spacial score (nSPS) is 20.0. The van der Waals surface area contributed by atoms with Gasteiger partial charge < -0.3 is 14.8 Å². The average Bonchev–Trinajstić information content (AvgIpc) is 3.16. The first-order valence-corrected chi connectivity index (χ1v) is 10.1. The Kier molecular flexibility index (Phi) is 6.08. The van der Waals surface area contributed by atoms with Crippen molar-refractivity contribution in [1.29, 1.82) is 0 Å². The molecule has 1 N–H and O–H groups in total. The molecule has 27 heavy (non-hydrogen) atoms. The number of rotatable bonds is 4. The summed E-state index contributed by atoms with van der Waals surface area (Å²) >= 11 is 0. The summed E-state index contributed by atoms with van der Waals surface area (Å²) in [5, 5.41) is 3.30. The molecular formula is C19H23ClN2O4S. The number of fused-ring (bicyclic) bond motifs is 1. The monoisotopic (exact) mass is 410 g/mol. The molecule has 0 saturated carbocycles. The lowest BCUT2D eigenvalue weighted by molar-refractivity contribution is 0.134. The van der Waals surface area contributed by atoms with E-state index in [1.54, 1.807) is 23.5 Å². The second kappa shape index (κ2) is 8.16. The number of hydrogen-bond acceptors (Lipinski definition) is 5. The first-order chi connectivity index (χ1) is 12.6. The third-order valence-electron chi connectivity index (χ3n) is 4.99. The van der Waals surface area contributed by atoms with Gasteiger partial charge in [-0.05, 0) is 29.3 Å². The van der Waals surface area contributed by atoms with Gasteiger partial charge in [0.25, 0.3) is 0 Å². The Hall–Kier alpha value is -1.64. The first-order valence-electron chi connectivity index (χ1n) is 8.66. The molecule has 1 atom stereocenters. The number of piperazine rings is 1. The molecular weight excluding hydrogens is 388 g/mol. The highest BCUT2D eigenvalue weighted by Crippen LogP contribution is 2.34. The highest BCUT2D eigenvalue weighted by Gasteiger charge is 2.36. The molecule has 0 amide bonds. The molecule has 0 spiro atoms. The fourth-order valence-corrected chi connectivity index (χ4v) is 5.28. The third kappa shape index (κ3) is 3.70. The molecule has 4 rings (SSSR count). The number of methoxy groups -OCH3 is 1. The van der Waals surface area contributed by atoms with Gasteiger partial charge in [0, 0.05) is 25.2 Å². The van der Waals surface area contributed by atoms with Gasteiger partial charge in [-0.25, -0.2) is 8.42 Å². The van der Waals surface area contributed by atoms with Gasteiger partial charge in [0.1, 0.15) is 5.75 Å². The van der Waals surface area contributed by atoms with Crippen LogP contribution in [0.5, 0.6) is 5.75 Å². The molecule has 6 nitrogen and oxygen atoms in total. The lowest BCUT2D eigenvalue weighted by Crippen LogP contribution is -2.48. The summed E-state index contributed by atoms with van der Waals surface area (Å²) < 4.78 is 39.2. The van der Waals surface area contributed by atoms with Crippen molar-refractivity contribution in [3.8, 4) is 5.75 Å². The van der Waals surface area contributed by atoms with E-state index in [-0.39, 0.29) is 18.4 Å². The number of para-hydroxylation sites is 1. The SMILES string of the molecule is COc1ccccc1C1CNCCN1S(=O)(=O)c1ccc2c(c1)COC2.Cl. The fraction of sp³-hybridized carbons (Fsp3) is 0.368. The molecule has 146 valence electrons. The smallest absolute Gasteiger partial charge is 0.243 e. The van der Waals surface area contributed by atoms with E-state index in [0.29, 0.717) is 43.5 Å². The van der Waals surface area contributed by atoms with Crippen LogP contribution in [0, 0.1) is 0 Å². The Labute approximate surface area is 165 Å². The van der Waals surface area contributed by atoms with Crippen molar-refractivity contribution in [2.45, 2.75) is 24.2 Å². The van der Waals surface area contributed by atoms with Crippen LogP contribution >= 0.6 is 12.4 Å². The molecule has 1 fully saturated rings. The van der Waals surface area contributed by atoms with E-state index in [4.69, 9.17) is 9.47 Å². The van der Waals surface area contributed by atoms with E-state index in [9.17, 15) is 8.42 Å². The zero-order chi connectivity index (χ0) is 18.1. The Morgan fingerprint density at radius 1 is 1.15 bits per heavy atom. The van der Waals surface area contributed by atoms with Crippen LogP contribution in [-0.2, 0) is 28.0 Å². The van der Waals surface area contributed by atoms with E-state index < -0.39 is 10.0 Å². The van der Waals surface area contributed by atoms with Gasteiger partial charge in [-0.15, -0.1) is 12.4 Å². The summed E-state index contributed by atoms with van der Waals surface area (Å²) in [5.41, 5.74) is 2.89. The second-order valence-corrected chi connectivity index (χ2v) is 8.39. The van der Waals surface area contributed by atoms with Gasteiger partial charge in [0.05, 0.1) is 31.3 Å².